The number of alkyl halides is 4. The molecule has 0 radical (unpaired) electrons. The maximum absolute atomic E-state index is 14.5. The molecule has 0 spiro atoms. The molecule has 0 amide bonds. The Hall–Kier alpha value is -2.95. The van der Waals surface area contributed by atoms with E-state index < -0.39 is 46.4 Å². The number of ether oxygens (including phenoxy) is 1. The SMILES string of the molecule is C[C@]12CC(=O)c3c(Oc4cc(F)cc(C#N)c4)ccc(c31)C(F)(F)C2(F)F. The maximum Gasteiger partial charge on any atom is 0.336 e. The van der Waals surface area contributed by atoms with Gasteiger partial charge < -0.3 is 4.74 Å². The van der Waals surface area contributed by atoms with E-state index in [1.807, 2.05) is 0 Å². The molecule has 138 valence electrons. The van der Waals surface area contributed by atoms with Crippen LogP contribution in [-0.2, 0) is 11.3 Å². The van der Waals surface area contributed by atoms with Crippen molar-refractivity contribution in [2.24, 2.45) is 0 Å². The maximum atomic E-state index is 14.5. The Morgan fingerprint density at radius 1 is 1.15 bits per heavy atom. The topological polar surface area (TPSA) is 50.1 Å². The zero-order valence-corrected chi connectivity index (χ0v) is 13.7. The predicted octanol–water partition coefficient (Wildman–Crippen LogP) is 5.07. The van der Waals surface area contributed by atoms with Gasteiger partial charge in [0.05, 0.1) is 22.6 Å². The van der Waals surface area contributed by atoms with Crippen LogP contribution in [0.2, 0.25) is 0 Å². The summed E-state index contributed by atoms with van der Waals surface area (Å²) in [7, 11) is 0. The lowest BCUT2D eigenvalue weighted by Crippen LogP contribution is -2.46. The molecule has 2 aliphatic rings. The number of carbonyl (C=O) groups is 1. The summed E-state index contributed by atoms with van der Waals surface area (Å²) in [5, 5.41) is 8.89. The second kappa shape index (κ2) is 5.06. The standard InChI is InChI=1S/C19H10F5NO2/c1-17-7-13(26)15-14(27-11-5-9(8-25)4-10(20)6-11)3-2-12(16(15)17)18(21,22)19(17,23)24/h2-6H,7H2,1H3/t17-/m0/s1. The molecule has 0 saturated heterocycles. The molecule has 0 aromatic heterocycles. The van der Waals surface area contributed by atoms with Crippen molar-refractivity contribution in [3.05, 3.63) is 58.4 Å². The van der Waals surface area contributed by atoms with Crippen molar-refractivity contribution in [3.63, 3.8) is 0 Å². The number of rotatable bonds is 2. The van der Waals surface area contributed by atoms with Crippen LogP contribution in [0.3, 0.4) is 0 Å². The number of hydrogen-bond acceptors (Lipinski definition) is 3. The summed E-state index contributed by atoms with van der Waals surface area (Å²) < 4.78 is 76.5. The van der Waals surface area contributed by atoms with E-state index in [2.05, 4.69) is 0 Å². The van der Waals surface area contributed by atoms with Crippen LogP contribution in [-0.4, -0.2) is 11.7 Å². The Morgan fingerprint density at radius 3 is 2.52 bits per heavy atom. The molecule has 0 fully saturated rings. The van der Waals surface area contributed by atoms with Crippen molar-refractivity contribution in [1.29, 1.82) is 5.26 Å². The Kier molecular flexibility index (Phi) is 3.27. The number of hydrogen-bond donors (Lipinski definition) is 0. The number of carbonyl (C=O) groups excluding carboxylic acids is 1. The van der Waals surface area contributed by atoms with Crippen LogP contribution in [0, 0.1) is 17.1 Å². The van der Waals surface area contributed by atoms with Crippen molar-refractivity contribution in [2.75, 3.05) is 0 Å². The molecule has 1 atom stereocenters. The minimum absolute atomic E-state index is 0.0585. The Morgan fingerprint density at radius 2 is 1.85 bits per heavy atom. The summed E-state index contributed by atoms with van der Waals surface area (Å²) in [6.45, 7) is 0.931. The first-order valence-corrected chi connectivity index (χ1v) is 7.88. The molecule has 3 nitrogen and oxygen atoms in total. The van der Waals surface area contributed by atoms with Crippen molar-refractivity contribution in [1.82, 2.24) is 0 Å². The highest BCUT2D eigenvalue weighted by molar-refractivity contribution is 6.06. The summed E-state index contributed by atoms with van der Waals surface area (Å²) in [5.74, 6) is -10.8. The number of benzene rings is 2. The van der Waals surface area contributed by atoms with Gasteiger partial charge in [0.1, 0.15) is 17.3 Å². The van der Waals surface area contributed by atoms with E-state index in [9.17, 15) is 26.7 Å². The molecule has 0 saturated carbocycles. The van der Waals surface area contributed by atoms with Crippen LogP contribution in [0.4, 0.5) is 22.0 Å². The van der Waals surface area contributed by atoms with Gasteiger partial charge in [0.2, 0.25) is 0 Å². The molecule has 0 bridgehead atoms. The third-order valence-electron chi connectivity index (χ3n) is 5.17. The molecule has 8 heteroatoms. The quantitative estimate of drug-likeness (QED) is 0.684. The Balaban J connectivity index is 1.90. The van der Waals surface area contributed by atoms with Gasteiger partial charge in [-0.3, -0.25) is 4.79 Å². The van der Waals surface area contributed by atoms with Crippen LogP contribution in [0.1, 0.15) is 40.4 Å². The van der Waals surface area contributed by atoms with E-state index in [1.54, 1.807) is 6.07 Å². The third-order valence-corrected chi connectivity index (χ3v) is 5.17. The molecular formula is C19H10F5NO2. The van der Waals surface area contributed by atoms with Crippen molar-refractivity contribution >= 4 is 5.78 Å². The summed E-state index contributed by atoms with van der Waals surface area (Å²) in [5.41, 5.74) is -4.10. The van der Waals surface area contributed by atoms with Crippen LogP contribution in [0.15, 0.2) is 30.3 Å². The van der Waals surface area contributed by atoms with Crippen LogP contribution < -0.4 is 4.74 Å². The molecule has 27 heavy (non-hydrogen) atoms. The second-order valence-electron chi connectivity index (χ2n) is 6.83. The van der Waals surface area contributed by atoms with E-state index in [4.69, 9.17) is 10.00 Å². The molecular weight excluding hydrogens is 369 g/mol. The second-order valence-corrected chi connectivity index (χ2v) is 6.83. The first kappa shape index (κ1) is 17.5. The average Bonchev–Trinajstić information content (AvgIpc) is 2.92. The molecule has 4 rings (SSSR count). The van der Waals surface area contributed by atoms with Gasteiger partial charge in [0.15, 0.2) is 5.78 Å². The molecule has 0 unspecified atom stereocenters. The minimum Gasteiger partial charge on any atom is -0.456 e. The number of halogens is 5. The molecule has 0 heterocycles. The normalized spacial score (nSPS) is 23.8. The first-order valence-electron chi connectivity index (χ1n) is 7.88. The molecule has 2 aliphatic carbocycles. The summed E-state index contributed by atoms with van der Waals surface area (Å²) in [4.78, 5) is 12.4. The van der Waals surface area contributed by atoms with Crippen molar-refractivity contribution in [3.8, 4) is 17.6 Å². The lowest BCUT2D eigenvalue weighted by Gasteiger charge is -2.30. The number of Topliss-reactive ketones (excluding diaryl/α,β-unsaturated/α-hetero) is 1. The summed E-state index contributed by atoms with van der Waals surface area (Å²) in [6.07, 6.45) is -0.787. The zero-order valence-electron chi connectivity index (χ0n) is 13.7. The largest absolute Gasteiger partial charge is 0.456 e. The lowest BCUT2D eigenvalue weighted by atomic mass is 9.82. The number of nitrogens with zero attached hydrogens (tertiary/aromatic N) is 1. The van der Waals surface area contributed by atoms with E-state index >= 15 is 0 Å². The number of ketones is 1. The van der Waals surface area contributed by atoms with Crippen molar-refractivity contribution < 1.29 is 31.5 Å². The van der Waals surface area contributed by atoms with Gasteiger partial charge in [-0.05, 0) is 36.8 Å². The highest BCUT2D eigenvalue weighted by Crippen LogP contribution is 2.66. The number of nitriles is 1. The van der Waals surface area contributed by atoms with Gasteiger partial charge in [-0.1, -0.05) is 0 Å². The first-order chi connectivity index (χ1) is 12.5. The van der Waals surface area contributed by atoms with Crippen molar-refractivity contribution in [2.45, 2.75) is 30.6 Å². The van der Waals surface area contributed by atoms with E-state index in [-0.39, 0.29) is 22.6 Å². The Labute approximate surface area is 150 Å². The lowest BCUT2D eigenvalue weighted by molar-refractivity contribution is -0.233. The van der Waals surface area contributed by atoms with Gasteiger partial charge >= 0.3 is 11.8 Å². The third kappa shape index (κ3) is 2.02. The molecule has 2 aromatic rings. The van der Waals surface area contributed by atoms with E-state index in [1.165, 1.54) is 6.07 Å². The van der Waals surface area contributed by atoms with E-state index in [0.29, 0.717) is 0 Å². The van der Waals surface area contributed by atoms with Gasteiger partial charge in [-0.25, -0.2) is 4.39 Å². The van der Waals surface area contributed by atoms with Crippen LogP contribution >= 0.6 is 0 Å². The fourth-order valence-corrected chi connectivity index (χ4v) is 3.87. The van der Waals surface area contributed by atoms with Gasteiger partial charge in [0.25, 0.3) is 0 Å². The monoisotopic (exact) mass is 379 g/mol. The van der Waals surface area contributed by atoms with Gasteiger partial charge in [-0.2, -0.15) is 22.8 Å². The summed E-state index contributed by atoms with van der Waals surface area (Å²) in [6, 6.07) is 6.59. The van der Waals surface area contributed by atoms with Crippen LogP contribution in [0.25, 0.3) is 0 Å². The minimum atomic E-state index is -4.44. The van der Waals surface area contributed by atoms with Gasteiger partial charge in [-0.15, -0.1) is 0 Å². The van der Waals surface area contributed by atoms with Gasteiger partial charge in [0, 0.05) is 18.1 Å². The molecule has 0 N–H and O–H groups in total. The molecule has 0 aliphatic heterocycles. The zero-order chi connectivity index (χ0) is 19.8. The highest BCUT2D eigenvalue weighted by Gasteiger charge is 2.77. The van der Waals surface area contributed by atoms with Crippen LogP contribution in [0.5, 0.6) is 11.5 Å². The predicted molar refractivity (Wildman–Crippen MR) is 82.8 cm³/mol. The van der Waals surface area contributed by atoms with E-state index in [0.717, 1.165) is 31.2 Å². The average molecular weight is 379 g/mol. The highest BCUT2D eigenvalue weighted by atomic mass is 19.3. The fourth-order valence-electron chi connectivity index (χ4n) is 3.87. The fraction of sp³-hybridized carbons (Fsp3) is 0.263. The summed E-state index contributed by atoms with van der Waals surface area (Å²) >= 11 is 0. The smallest absolute Gasteiger partial charge is 0.336 e. The molecule has 2 aromatic carbocycles. The Bertz CT molecular complexity index is 1060.